The van der Waals surface area contributed by atoms with Crippen LogP contribution in [-0.2, 0) is 9.63 Å². The van der Waals surface area contributed by atoms with Crippen molar-refractivity contribution in [1.82, 2.24) is 10.4 Å². The minimum absolute atomic E-state index is 0.520. The highest BCUT2D eigenvalue weighted by atomic mass is 16.7. The van der Waals surface area contributed by atoms with Crippen LogP contribution in [0.2, 0.25) is 0 Å². The Hall–Kier alpha value is -0.610. The molecule has 0 rings (SSSR count). The van der Waals surface area contributed by atoms with E-state index in [2.05, 4.69) is 5.32 Å². The molecule has 4 heteroatoms. The van der Waals surface area contributed by atoms with Crippen molar-refractivity contribution >= 4 is 6.41 Å². The van der Waals surface area contributed by atoms with Crippen molar-refractivity contribution in [1.29, 1.82) is 0 Å². The van der Waals surface area contributed by atoms with Gasteiger partial charge in [0.25, 0.3) is 0 Å². The van der Waals surface area contributed by atoms with Gasteiger partial charge in [0.05, 0.1) is 6.61 Å². The monoisotopic (exact) mass is 132 g/mol. The molecule has 0 fully saturated rings. The molecule has 0 unspecified atom stereocenters. The highest BCUT2D eigenvalue weighted by Crippen LogP contribution is 1.74. The minimum atomic E-state index is 0.520. The van der Waals surface area contributed by atoms with E-state index in [4.69, 9.17) is 4.84 Å². The number of hydrogen-bond donors (Lipinski definition) is 1. The third-order valence-corrected chi connectivity index (χ3v) is 0.679. The van der Waals surface area contributed by atoms with Gasteiger partial charge in [0, 0.05) is 20.6 Å². The van der Waals surface area contributed by atoms with Gasteiger partial charge in [-0.25, -0.2) is 0 Å². The Bertz CT molecular complexity index is 75.4. The van der Waals surface area contributed by atoms with Gasteiger partial charge in [-0.3, -0.25) is 9.63 Å². The van der Waals surface area contributed by atoms with Crippen molar-refractivity contribution in [3.63, 3.8) is 0 Å². The van der Waals surface area contributed by atoms with Gasteiger partial charge in [-0.15, -0.1) is 0 Å². The zero-order valence-corrected chi connectivity index (χ0v) is 5.76. The van der Waals surface area contributed by atoms with E-state index in [1.807, 2.05) is 0 Å². The molecule has 0 aromatic rings. The van der Waals surface area contributed by atoms with Crippen LogP contribution in [0.4, 0.5) is 0 Å². The van der Waals surface area contributed by atoms with Crippen LogP contribution in [0.15, 0.2) is 0 Å². The Morgan fingerprint density at radius 2 is 2.33 bits per heavy atom. The van der Waals surface area contributed by atoms with Crippen molar-refractivity contribution in [3.05, 3.63) is 0 Å². The van der Waals surface area contributed by atoms with E-state index >= 15 is 0 Å². The highest BCUT2D eigenvalue weighted by molar-refractivity contribution is 5.45. The maximum atomic E-state index is 9.67. The van der Waals surface area contributed by atoms with Crippen molar-refractivity contribution in [2.75, 3.05) is 27.2 Å². The van der Waals surface area contributed by atoms with Crippen LogP contribution in [0.5, 0.6) is 0 Å². The predicted molar refractivity (Wildman–Crippen MR) is 33.7 cm³/mol. The van der Waals surface area contributed by atoms with Gasteiger partial charge in [-0.2, -0.15) is 5.06 Å². The summed E-state index contributed by atoms with van der Waals surface area (Å²) in [5.74, 6) is 0. The molecule has 0 aliphatic carbocycles. The predicted octanol–water partition coefficient (Wildman–Crippen LogP) is -0.774. The fraction of sp³-hybridized carbons (Fsp3) is 0.800. The van der Waals surface area contributed by atoms with E-state index < -0.39 is 0 Å². The van der Waals surface area contributed by atoms with Crippen molar-refractivity contribution in [3.8, 4) is 0 Å². The molecule has 54 valence electrons. The number of nitrogens with one attached hydrogen (secondary N) is 1. The molecule has 0 aromatic carbocycles. The van der Waals surface area contributed by atoms with Gasteiger partial charge in [0.15, 0.2) is 0 Å². The Balaban J connectivity index is 2.82. The van der Waals surface area contributed by atoms with E-state index in [9.17, 15) is 4.79 Å². The largest absolute Gasteiger partial charge is 0.356 e. The molecule has 0 spiro atoms. The van der Waals surface area contributed by atoms with Crippen LogP contribution in [0.1, 0.15) is 0 Å². The number of amides is 1. The number of nitrogens with zero attached hydrogens (tertiary/aromatic N) is 1. The second-order valence-corrected chi connectivity index (χ2v) is 1.72. The Morgan fingerprint density at radius 3 is 2.78 bits per heavy atom. The van der Waals surface area contributed by atoms with Gasteiger partial charge in [0.1, 0.15) is 0 Å². The van der Waals surface area contributed by atoms with Gasteiger partial charge in [-0.05, 0) is 0 Å². The number of carbonyl (C=O) groups excluding carboxylic acids is 1. The Labute approximate surface area is 54.7 Å². The molecule has 0 heterocycles. The molecule has 9 heavy (non-hydrogen) atoms. The average molecular weight is 132 g/mol. The molecule has 1 amide bonds. The lowest BCUT2D eigenvalue weighted by Crippen LogP contribution is -2.22. The van der Waals surface area contributed by atoms with E-state index in [1.165, 1.54) is 0 Å². The van der Waals surface area contributed by atoms with Crippen molar-refractivity contribution in [2.24, 2.45) is 0 Å². The molecule has 0 saturated heterocycles. The summed E-state index contributed by atoms with van der Waals surface area (Å²) in [6.07, 6.45) is 0.652. The maximum Gasteiger partial charge on any atom is 0.207 e. The highest BCUT2D eigenvalue weighted by Gasteiger charge is 1.86. The minimum Gasteiger partial charge on any atom is -0.356 e. The summed E-state index contributed by atoms with van der Waals surface area (Å²) in [5, 5.41) is 4.06. The summed E-state index contributed by atoms with van der Waals surface area (Å²) >= 11 is 0. The molecule has 4 nitrogen and oxygen atoms in total. The van der Waals surface area contributed by atoms with Gasteiger partial charge in [-0.1, -0.05) is 0 Å². The number of hydrogen-bond acceptors (Lipinski definition) is 3. The molecule has 0 aliphatic rings. The van der Waals surface area contributed by atoms with Crippen LogP contribution in [0.3, 0.4) is 0 Å². The maximum absolute atomic E-state index is 9.67. The van der Waals surface area contributed by atoms with Gasteiger partial charge in [0.2, 0.25) is 6.41 Å². The Morgan fingerprint density at radius 1 is 1.67 bits per heavy atom. The summed E-state index contributed by atoms with van der Waals surface area (Å²) in [4.78, 5) is 14.6. The zero-order chi connectivity index (χ0) is 7.11. The molecule has 0 bridgehead atoms. The normalized spacial score (nSPS) is 9.67. The topological polar surface area (TPSA) is 41.6 Å². The number of carbonyl (C=O) groups is 1. The molecular formula is C5H12N2O2. The second kappa shape index (κ2) is 5.53. The first-order valence-corrected chi connectivity index (χ1v) is 2.74. The standard InChI is InChI=1S/C5H12N2O2/c1-7(2)9-4-3-6-5-8/h5H,3-4H2,1-2H3,(H,6,8). The molecule has 0 radical (unpaired) electrons. The van der Waals surface area contributed by atoms with Gasteiger partial charge < -0.3 is 5.32 Å². The molecular weight excluding hydrogens is 120 g/mol. The summed E-state index contributed by atoms with van der Waals surface area (Å²) < 4.78 is 0. The smallest absolute Gasteiger partial charge is 0.207 e. The first-order chi connectivity index (χ1) is 4.27. The molecule has 0 aliphatic heterocycles. The lowest BCUT2D eigenvalue weighted by atomic mass is 10.7. The summed E-state index contributed by atoms with van der Waals surface area (Å²) in [5.41, 5.74) is 0. The van der Waals surface area contributed by atoms with E-state index in [0.29, 0.717) is 19.6 Å². The summed E-state index contributed by atoms with van der Waals surface area (Å²) in [7, 11) is 3.59. The lowest BCUT2D eigenvalue weighted by molar-refractivity contribution is -0.121. The van der Waals surface area contributed by atoms with Gasteiger partial charge >= 0.3 is 0 Å². The first kappa shape index (κ1) is 8.39. The fourth-order valence-corrected chi connectivity index (χ4v) is 0.346. The first-order valence-electron chi connectivity index (χ1n) is 2.74. The zero-order valence-electron chi connectivity index (χ0n) is 5.76. The number of rotatable bonds is 5. The quantitative estimate of drug-likeness (QED) is 0.303. The van der Waals surface area contributed by atoms with E-state index in [0.717, 1.165) is 0 Å². The SMILES string of the molecule is CN(C)OCCNC=O. The summed E-state index contributed by atoms with van der Waals surface area (Å²) in [6.45, 7) is 1.08. The van der Waals surface area contributed by atoms with E-state index in [-0.39, 0.29) is 0 Å². The Kier molecular flexibility index (Phi) is 5.15. The van der Waals surface area contributed by atoms with E-state index in [1.54, 1.807) is 19.2 Å². The lowest BCUT2D eigenvalue weighted by Gasteiger charge is -2.08. The van der Waals surface area contributed by atoms with Crippen LogP contribution in [0, 0.1) is 0 Å². The fourth-order valence-electron chi connectivity index (χ4n) is 0.346. The average Bonchev–Trinajstić information content (AvgIpc) is 1.80. The summed E-state index contributed by atoms with van der Waals surface area (Å²) in [6, 6.07) is 0. The van der Waals surface area contributed by atoms with Crippen molar-refractivity contribution in [2.45, 2.75) is 0 Å². The number of hydroxylamine groups is 2. The third kappa shape index (κ3) is 7.39. The molecule has 1 N–H and O–H groups in total. The molecule has 0 saturated carbocycles. The van der Waals surface area contributed by atoms with Crippen LogP contribution in [-0.4, -0.2) is 38.7 Å². The van der Waals surface area contributed by atoms with Crippen LogP contribution >= 0.6 is 0 Å². The van der Waals surface area contributed by atoms with Crippen molar-refractivity contribution < 1.29 is 9.63 Å². The molecule has 0 atom stereocenters. The third-order valence-electron chi connectivity index (χ3n) is 0.679. The second-order valence-electron chi connectivity index (χ2n) is 1.72. The molecule has 0 aromatic heterocycles. The van der Waals surface area contributed by atoms with Crippen LogP contribution < -0.4 is 5.32 Å². The van der Waals surface area contributed by atoms with Crippen LogP contribution in [0.25, 0.3) is 0 Å².